The summed E-state index contributed by atoms with van der Waals surface area (Å²) in [6, 6.07) is 4.99. The minimum atomic E-state index is -0.869. The second-order valence-corrected chi connectivity index (χ2v) is 5.65. The maximum Gasteiger partial charge on any atom is 0.325 e. The Labute approximate surface area is 124 Å². The van der Waals surface area contributed by atoms with Gasteiger partial charge >= 0.3 is 5.97 Å². The van der Waals surface area contributed by atoms with Crippen LogP contribution in [0.3, 0.4) is 0 Å². The van der Waals surface area contributed by atoms with Gasteiger partial charge in [-0.2, -0.15) is 0 Å². The highest BCUT2D eigenvalue weighted by molar-refractivity contribution is 5.90. The monoisotopic (exact) mass is 290 g/mol. The molecular weight excluding hydrogens is 268 g/mol. The van der Waals surface area contributed by atoms with Crippen LogP contribution in [-0.4, -0.2) is 29.3 Å². The number of hydrogen-bond acceptors (Lipinski definition) is 3. The molecule has 0 aliphatic heterocycles. The van der Waals surface area contributed by atoms with E-state index in [9.17, 15) is 9.90 Å². The summed E-state index contributed by atoms with van der Waals surface area (Å²) in [5.41, 5.74) is 1.75. The normalized spacial score (nSPS) is 12.8. The highest BCUT2D eigenvalue weighted by Crippen LogP contribution is 2.29. The Bertz CT molecular complexity index is 646. The molecule has 0 saturated carbocycles. The van der Waals surface area contributed by atoms with E-state index < -0.39 is 12.0 Å². The molecule has 2 rings (SSSR count). The molecule has 0 amide bonds. The molecule has 5 heteroatoms. The van der Waals surface area contributed by atoms with Crippen LogP contribution in [0.15, 0.2) is 24.4 Å². The number of aliphatic carboxylic acids is 1. The fourth-order valence-corrected chi connectivity index (χ4v) is 2.44. The van der Waals surface area contributed by atoms with Crippen LogP contribution in [0.2, 0.25) is 0 Å². The molecular formula is C16H22N2O3. The largest absolute Gasteiger partial charge is 0.497 e. The molecule has 0 aliphatic rings. The number of fused-ring (bicyclic) bond motifs is 1. The molecule has 0 radical (unpaired) electrons. The number of nitrogens with one attached hydrogen (secondary N) is 1. The Kier molecular flexibility index (Phi) is 4.53. The maximum atomic E-state index is 11.6. The van der Waals surface area contributed by atoms with Gasteiger partial charge in [-0.25, -0.2) is 0 Å². The SMILES string of the molecule is COc1ccc2c(c1)c(C(NCC(C)C)C(=O)O)cn2C. The van der Waals surface area contributed by atoms with E-state index in [0.29, 0.717) is 12.5 Å². The molecule has 5 nitrogen and oxygen atoms in total. The van der Waals surface area contributed by atoms with E-state index in [0.717, 1.165) is 22.2 Å². The van der Waals surface area contributed by atoms with Crippen LogP contribution in [0.5, 0.6) is 5.75 Å². The molecule has 1 unspecified atom stereocenters. The third kappa shape index (κ3) is 3.19. The Morgan fingerprint density at radius 1 is 1.43 bits per heavy atom. The third-order valence-electron chi connectivity index (χ3n) is 3.52. The number of carboxylic acids is 1. The van der Waals surface area contributed by atoms with Crippen molar-refractivity contribution in [3.63, 3.8) is 0 Å². The topological polar surface area (TPSA) is 63.5 Å². The van der Waals surface area contributed by atoms with Crippen molar-refractivity contribution in [1.82, 2.24) is 9.88 Å². The van der Waals surface area contributed by atoms with E-state index in [1.165, 1.54) is 0 Å². The highest BCUT2D eigenvalue weighted by atomic mass is 16.5. The molecule has 0 aliphatic carbocycles. The van der Waals surface area contributed by atoms with Gasteiger partial charge < -0.3 is 19.7 Å². The lowest BCUT2D eigenvalue weighted by atomic mass is 10.0. The Morgan fingerprint density at radius 3 is 2.71 bits per heavy atom. The summed E-state index contributed by atoms with van der Waals surface area (Å²) in [6.45, 7) is 4.76. The van der Waals surface area contributed by atoms with E-state index >= 15 is 0 Å². The predicted molar refractivity (Wildman–Crippen MR) is 82.7 cm³/mol. The van der Waals surface area contributed by atoms with Crippen LogP contribution in [0.25, 0.3) is 10.9 Å². The van der Waals surface area contributed by atoms with Crippen molar-refractivity contribution in [3.05, 3.63) is 30.0 Å². The molecule has 114 valence electrons. The lowest BCUT2D eigenvalue weighted by Gasteiger charge is -2.15. The van der Waals surface area contributed by atoms with Gasteiger partial charge in [0.25, 0.3) is 0 Å². The summed E-state index contributed by atoms with van der Waals surface area (Å²) in [7, 11) is 3.52. The molecule has 2 aromatic rings. The van der Waals surface area contributed by atoms with Crippen molar-refractivity contribution < 1.29 is 14.6 Å². The summed E-state index contributed by atoms with van der Waals surface area (Å²) in [5.74, 6) is 0.241. The molecule has 2 N–H and O–H groups in total. The van der Waals surface area contributed by atoms with Gasteiger partial charge in [-0.05, 0) is 30.7 Å². The number of carboxylic acid groups (broad SMARTS) is 1. The zero-order valence-electron chi connectivity index (χ0n) is 12.9. The number of rotatable bonds is 6. The average Bonchev–Trinajstić information content (AvgIpc) is 2.75. The predicted octanol–water partition coefficient (Wildman–Crippen LogP) is 2.56. The first-order valence-electron chi connectivity index (χ1n) is 7.03. The van der Waals surface area contributed by atoms with E-state index in [4.69, 9.17) is 4.74 Å². The van der Waals surface area contributed by atoms with Crippen LogP contribution < -0.4 is 10.1 Å². The van der Waals surface area contributed by atoms with Crippen molar-refractivity contribution in [2.75, 3.05) is 13.7 Å². The molecule has 0 spiro atoms. The van der Waals surface area contributed by atoms with Crippen molar-refractivity contribution in [3.8, 4) is 5.75 Å². The van der Waals surface area contributed by atoms with Crippen LogP contribution in [-0.2, 0) is 11.8 Å². The van der Waals surface area contributed by atoms with Crippen molar-refractivity contribution in [2.45, 2.75) is 19.9 Å². The Hall–Kier alpha value is -2.01. The first-order valence-corrected chi connectivity index (χ1v) is 7.03. The van der Waals surface area contributed by atoms with Gasteiger partial charge in [-0.3, -0.25) is 4.79 Å². The van der Waals surface area contributed by atoms with Crippen LogP contribution in [0.4, 0.5) is 0 Å². The van der Waals surface area contributed by atoms with Crippen molar-refractivity contribution >= 4 is 16.9 Å². The average molecular weight is 290 g/mol. The van der Waals surface area contributed by atoms with E-state index in [1.54, 1.807) is 7.11 Å². The fourth-order valence-electron chi connectivity index (χ4n) is 2.44. The van der Waals surface area contributed by atoms with Crippen LogP contribution in [0.1, 0.15) is 25.5 Å². The number of aryl methyl sites for hydroxylation is 1. The van der Waals surface area contributed by atoms with Gasteiger partial charge in [-0.1, -0.05) is 13.8 Å². The van der Waals surface area contributed by atoms with E-state index in [1.807, 2.05) is 36.0 Å². The van der Waals surface area contributed by atoms with E-state index in [-0.39, 0.29) is 0 Å². The van der Waals surface area contributed by atoms with Gasteiger partial charge in [0.2, 0.25) is 0 Å². The standard InChI is InChI=1S/C16H22N2O3/c1-10(2)8-17-15(16(19)20)13-9-18(3)14-6-5-11(21-4)7-12(13)14/h5-7,9-10,15,17H,8H2,1-4H3,(H,19,20). The zero-order chi connectivity index (χ0) is 15.6. The molecule has 1 aromatic heterocycles. The number of methoxy groups -OCH3 is 1. The molecule has 1 atom stereocenters. The molecule has 1 heterocycles. The number of carbonyl (C=O) groups is 1. The van der Waals surface area contributed by atoms with Gasteiger partial charge in [-0.15, -0.1) is 0 Å². The fraction of sp³-hybridized carbons (Fsp3) is 0.438. The number of aromatic nitrogens is 1. The van der Waals surface area contributed by atoms with Crippen LogP contribution in [0, 0.1) is 5.92 Å². The second kappa shape index (κ2) is 6.18. The summed E-state index contributed by atoms with van der Waals surface area (Å²) >= 11 is 0. The molecule has 0 fully saturated rings. The molecule has 0 bridgehead atoms. The minimum absolute atomic E-state index is 0.386. The second-order valence-electron chi connectivity index (χ2n) is 5.65. The van der Waals surface area contributed by atoms with Gasteiger partial charge in [0.15, 0.2) is 0 Å². The summed E-state index contributed by atoms with van der Waals surface area (Å²) in [4.78, 5) is 11.6. The first kappa shape index (κ1) is 15.4. The molecule has 0 saturated heterocycles. The summed E-state index contributed by atoms with van der Waals surface area (Å²) in [6.07, 6.45) is 1.87. The van der Waals surface area contributed by atoms with Crippen molar-refractivity contribution in [2.24, 2.45) is 13.0 Å². The van der Waals surface area contributed by atoms with Gasteiger partial charge in [0, 0.05) is 29.7 Å². The number of nitrogens with zero attached hydrogens (tertiary/aromatic N) is 1. The highest BCUT2D eigenvalue weighted by Gasteiger charge is 2.23. The van der Waals surface area contributed by atoms with Gasteiger partial charge in [0.05, 0.1) is 7.11 Å². The maximum absolute atomic E-state index is 11.6. The Morgan fingerprint density at radius 2 is 2.14 bits per heavy atom. The Balaban J connectivity index is 2.48. The number of hydrogen-bond donors (Lipinski definition) is 2. The summed E-state index contributed by atoms with van der Waals surface area (Å²) in [5, 5.41) is 13.6. The van der Waals surface area contributed by atoms with Crippen molar-refractivity contribution in [1.29, 1.82) is 0 Å². The smallest absolute Gasteiger partial charge is 0.325 e. The molecule has 1 aromatic carbocycles. The first-order chi connectivity index (χ1) is 9.93. The quantitative estimate of drug-likeness (QED) is 0.858. The van der Waals surface area contributed by atoms with Gasteiger partial charge in [0.1, 0.15) is 11.8 Å². The third-order valence-corrected chi connectivity index (χ3v) is 3.52. The number of ether oxygens (including phenoxy) is 1. The van der Waals surface area contributed by atoms with E-state index in [2.05, 4.69) is 19.2 Å². The zero-order valence-corrected chi connectivity index (χ0v) is 12.9. The lowest BCUT2D eigenvalue weighted by molar-refractivity contribution is -0.139. The van der Waals surface area contributed by atoms with Crippen LogP contribution >= 0.6 is 0 Å². The lowest BCUT2D eigenvalue weighted by Crippen LogP contribution is -2.31. The summed E-state index contributed by atoms with van der Waals surface area (Å²) < 4.78 is 7.19. The molecule has 21 heavy (non-hydrogen) atoms. The number of benzene rings is 1. The minimum Gasteiger partial charge on any atom is -0.497 e.